The number of pyridine rings is 1. The van der Waals surface area contributed by atoms with Crippen LogP contribution in [-0.4, -0.2) is 11.6 Å². The van der Waals surface area contributed by atoms with Gasteiger partial charge in [-0.05, 0) is 43.2 Å². The molecular weight excluding hydrogens is 310 g/mol. The van der Waals surface area contributed by atoms with Crippen molar-refractivity contribution in [3.8, 4) is 17.0 Å². The maximum Gasteiger partial charge on any atom is 0.416 e. The van der Waals surface area contributed by atoms with Crippen molar-refractivity contribution in [2.24, 2.45) is 0 Å². The molecule has 0 aliphatic heterocycles. The molecule has 2 aromatic rings. The summed E-state index contributed by atoms with van der Waals surface area (Å²) in [5.41, 5.74) is -0.137. The third-order valence-electron chi connectivity index (χ3n) is 3.31. The summed E-state index contributed by atoms with van der Waals surface area (Å²) in [6, 6.07) is 3.90. The number of rotatable bonds is 5. The van der Waals surface area contributed by atoms with Crippen LogP contribution < -0.4 is 4.74 Å². The molecule has 1 heterocycles. The fourth-order valence-corrected chi connectivity index (χ4v) is 2.09. The molecule has 0 unspecified atom stereocenters. The minimum absolute atomic E-state index is 0.141. The van der Waals surface area contributed by atoms with Gasteiger partial charge in [-0.15, -0.1) is 0 Å². The van der Waals surface area contributed by atoms with Crippen molar-refractivity contribution in [2.45, 2.75) is 32.9 Å². The molecule has 0 spiro atoms. The number of ether oxygens (including phenoxy) is 1. The Morgan fingerprint density at radius 2 is 1.87 bits per heavy atom. The highest BCUT2D eigenvalue weighted by Gasteiger charge is 2.31. The van der Waals surface area contributed by atoms with E-state index < -0.39 is 17.6 Å². The van der Waals surface area contributed by atoms with E-state index in [2.05, 4.69) is 4.98 Å². The normalized spacial score (nSPS) is 11.6. The molecule has 2 rings (SSSR count). The molecule has 0 saturated carbocycles. The summed E-state index contributed by atoms with van der Waals surface area (Å²) in [4.78, 5) is 4.09. The molecule has 1 aromatic carbocycles. The smallest absolute Gasteiger partial charge is 0.416 e. The van der Waals surface area contributed by atoms with E-state index in [0.717, 1.165) is 31.0 Å². The fraction of sp³-hybridized carbons (Fsp3) is 0.353. The van der Waals surface area contributed by atoms with Gasteiger partial charge in [0.2, 0.25) is 5.88 Å². The zero-order valence-electron chi connectivity index (χ0n) is 12.9. The SMILES string of the molecule is CCCCOc1ncc(C)cc1-c1cc(C(F)(F)F)ccc1F. The molecule has 23 heavy (non-hydrogen) atoms. The van der Waals surface area contributed by atoms with Gasteiger partial charge in [0.25, 0.3) is 0 Å². The topological polar surface area (TPSA) is 22.1 Å². The Morgan fingerprint density at radius 3 is 2.52 bits per heavy atom. The van der Waals surface area contributed by atoms with Gasteiger partial charge in [0.1, 0.15) is 5.82 Å². The second-order valence-electron chi connectivity index (χ2n) is 5.26. The zero-order valence-corrected chi connectivity index (χ0v) is 12.9. The summed E-state index contributed by atoms with van der Waals surface area (Å²) in [5, 5.41) is 0. The summed E-state index contributed by atoms with van der Waals surface area (Å²) in [6.07, 6.45) is -1.32. The standard InChI is InChI=1S/C17H17F4NO/c1-3-4-7-23-16-14(8-11(2)10-22-16)13-9-12(17(19,20)21)5-6-15(13)18/h5-6,8-10H,3-4,7H2,1-2H3. The largest absolute Gasteiger partial charge is 0.477 e. The summed E-state index contributed by atoms with van der Waals surface area (Å²) in [7, 11) is 0. The zero-order chi connectivity index (χ0) is 17.0. The number of aryl methyl sites for hydroxylation is 1. The molecule has 124 valence electrons. The monoisotopic (exact) mass is 327 g/mol. The lowest BCUT2D eigenvalue weighted by Gasteiger charge is -2.14. The number of aromatic nitrogens is 1. The van der Waals surface area contributed by atoms with E-state index >= 15 is 0 Å². The van der Waals surface area contributed by atoms with E-state index in [1.165, 1.54) is 6.20 Å². The van der Waals surface area contributed by atoms with Crippen molar-refractivity contribution in [3.63, 3.8) is 0 Å². The molecule has 0 fully saturated rings. The van der Waals surface area contributed by atoms with Gasteiger partial charge in [0.05, 0.1) is 12.2 Å². The van der Waals surface area contributed by atoms with Crippen LogP contribution in [0, 0.1) is 12.7 Å². The molecule has 0 aliphatic rings. The molecule has 6 heteroatoms. The van der Waals surface area contributed by atoms with Crippen LogP contribution >= 0.6 is 0 Å². The van der Waals surface area contributed by atoms with Crippen molar-refractivity contribution in [1.29, 1.82) is 0 Å². The first-order chi connectivity index (χ1) is 10.8. The van der Waals surface area contributed by atoms with E-state index in [0.29, 0.717) is 12.2 Å². The van der Waals surface area contributed by atoms with Crippen LogP contribution in [0.2, 0.25) is 0 Å². The number of nitrogens with zero attached hydrogens (tertiary/aromatic N) is 1. The Bertz CT molecular complexity index is 683. The number of benzene rings is 1. The number of alkyl halides is 3. The Balaban J connectivity index is 2.50. The van der Waals surface area contributed by atoms with Gasteiger partial charge in [-0.2, -0.15) is 13.2 Å². The predicted molar refractivity (Wildman–Crippen MR) is 79.8 cm³/mol. The first kappa shape index (κ1) is 17.2. The Morgan fingerprint density at radius 1 is 1.13 bits per heavy atom. The van der Waals surface area contributed by atoms with E-state index in [1.54, 1.807) is 13.0 Å². The quantitative estimate of drug-likeness (QED) is 0.542. The number of unbranched alkanes of at least 4 members (excludes halogenated alkanes) is 1. The van der Waals surface area contributed by atoms with Crippen molar-refractivity contribution in [3.05, 3.63) is 47.4 Å². The first-order valence-electron chi connectivity index (χ1n) is 7.29. The minimum Gasteiger partial charge on any atom is -0.477 e. The lowest BCUT2D eigenvalue weighted by Crippen LogP contribution is -2.06. The Hall–Kier alpha value is -2.11. The van der Waals surface area contributed by atoms with Crippen molar-refractivity contribution in [1.82, 2.24) is 4.98 Å². The van der Waals surface area contributed by atoms with E-state index in [-0.39, 0.29) is 17.0 Å². The average molecular weight is 327 g/mol. The van der Waals surface area contributed by atoms with Crippen LogP contribution in [0.25, 0.3) is 11.1 Å². The van der Waals surface area contributed by atoms with Crippen LogP contribution in [0.4, 0.5) is 17.6 Å². The highest BCUT2D eigenvalue weighted by atomic mass is 19.4. The summed E-state index contributed by atoms with van der Waals surface area (Å²) < 4.78 is 58.2. The van der Waals surface area contributed by atoms with Gasteiger partial charge in [-0.1, -0.05) is 13.3 Å². The molecule has 0 saturated heterocycles. The summed E-state index contributed by atoms with van der Waals surface area (Å²) in [5.74, 6) is -0.604. The Labute approximate surface area is 132 Å². The first-order valence-corrected chi connectivity index (χ1v) is 7.29. The number of halogens is 4. The van der Waals surface area contributed by atoms with Gasteiger partial charge < -0.3 is 4.74 Å². The lowest BCUT2D eigenvalue weighted by atomic mass is 10.0. The minimum atomic E-state index is -4.54. The van der Waals surface area contributed by atoms with Crippen molar-refractivity contribution in [2.75, 3.05) is 6.61 Å². The Kier molecular flexibility index (Phi) is 5.23. The van der Waals surface area contributed by atoms with E-state index in [9.17, 15) is 17.6 Å². The lowest BCUT2D eigenvalue weighted by molar-refractivity contribution is -0.137. The van der Waals surface area contributed by atoms with E-state index in [1.807, 2.05) is 6.92 Å². The van der Waals surface area contributed by atoms with Crippen LogP contribution in [0.5, 0.6) is 5.88 Å². The molecule has 1 aromatic heterocycles. The third-order valence-corrected chi connectivity index (χ3v) is 3.31. The number of hydrogen-bond donors (Lipinski definition) is 0. The van der Waals surface area contributed by atoms with Gasteiger partial charge in [0.15, 0.2) is 0 Å². The molecule has 0 N–H and O–H groups in total. The van der Waals surface area contributed by atoms with Gasteiger partial charge in [-0.25, -0.2) is 9.37 Å². The van der Waals surface area contributed by atoms with Crippen LogP contribution in [0.3, 0.4) is 0 Å². The molecule has 0 aliphatic carbocycles. The predicted octanol–water partition coefficient (Wildman–Crippen LogP) is 5.39. The molecule has 0 amide bonds. The van der Waals surface area contributed by atoms with E-state index in [4.69, 9.17) is 4.74 Å². The molecule has 0 bridgehead atoms. The molecule has 0 radical (unpaired) electrons. The van der Waals surface area contributed by atoms with Crippen LogP contribution in [-0.2, 0) is 6.18 Å². The maximum absolute atomic E-state index is 14.1. The maximum atomic E-state index is 14.1. The fourth-order valence-electron chi connectivity index (χ4n) is 2.09. The van der Waals surface area contributed by atoms with Gasteiger partial charge in [0, 0.05) is 17.3 Å². The molecule has 2 nitrogen and oxygen atoms in total. The second-order valence-corrected chi connectivity index (χ2v) is 5.26. The van der Waals surface area contributed by atoms with Crippen molar-refractivity contribution >= 4 is 0 Å². The average Bonchev–Trinajstić information content (AvgIpc) is 2.48. The highest BCUT2D eigenvalue weighted by molar-refractivity contribution is 5.70. The molecular formula is C17H17F4NO. The highest BCUT2D eigenvalue weighted by Crippen LogP contribution is 2.36. The molecule has 0 atom stereocenters. The van der Waals surface area contributed by atoms with Crippen molar-refractivity contribution < 1.29 is 22.3 Å². The second kappa shape index (κ2) is 6.98. The van der Waals surface area contributed by atoms with Crippen LogP contribution in [0.15, 0.2) is 30.5 Å². The third kappa shape index (κ3) is 4.21. The summed E-state index contributed by atoms with van der Waals surface area (Å²) >= 11 is 0. The van der Waals surface area contributed by atoms with Gasteiger partial charge in [-0.3, -0.25) is 0 Å². The van der Waals surface area contributed by atoms with Crippen LogP contribution in [0.1, 0.15) is 30.9 Å². The van der Waals surface area contributed by atoms with Gasteiger partial charge >= 0.3 is 6.18 Å². The number of hydrogen-bond acceptors (Lipinski definition) is 2. The summed E-state index contributed by atoms with van der Waals surface area (Å²) in [6.45, 7) is 4.09.